The molecule has 0 spiro atoms. The smallest absolute Gasteiger partial charge is 0.153 e. The van der Waals surface area contributed by atoms with E-state index in [-0.39, 0.29) is 5.41 Å². The van der Waals surface area contributed by atoms with Crippen LogP contribution in [0.15, 0.2) is 42.7 Å². The average molecular weight is 292 g/mol. The number of aromatic nitrogens is 2. The number of pyridine rings is 1. The van der Waals surface area contributed by atoms with Crippen molar-refractivity contribution in [1.29, 1.82) is 0 Å². The number of hydrogen-bond donors (Lipinski definition) is 0. The normalized spacial score (nSPS) is 11.8. The van der Waals surface area contributed by atoms with Gasteiger partial charge in [-0.3, -0.25) is 4.79 Å². The lowest BCUT2D eigenvalue weighted by atomic mass is 9.86. The van der Waals surface area contributed by atoms with Gasteiger partial charge < -0.3 is 4.40 Å². The fourth-order valence-corrected chi connectivity index (χ4v) is 2.64. The standard InChI is InChI=1S/C19H20N2O/c1-13-9-15(12-22)18-20-17(11-21(18)10-13)14-5-7-16(8-6-14)19(2,3)4/h5-12H,1-4H3. The first-order valence-corrected chi connectivity index (χ1v) is 7.44. The van der Waals surface area contributed by atoms with Crippen LogP contribution >= 0.6 is 0 Å². The number of fused-ring (bicyclic) bond motifs is 1. The Hall–Kier alpha value is -2.42. The van der Waals surface area contributed by atoms with Crippen LogP contribution in [0.3, 0.4) is 0 Å². The minimum absolute atomic E-state index is 0.138. The number of imidazole rings is 1. The molecular weight excluding hydrogens is 272 g/mol. The summed E-state index contributed by atoms with van der Waals surface area (Å²) < 4.78 is 1.92. The predicted octanol–water partition coefficient (Wildman–Crippen LogP) is 4.42. The minimum Gasteiger partial charge on any atom is -0.306 e. The van der Waals surface area contributed by atoms with Gasteiger partial charge in [-0.25, -0.2) is 4.98 Å². The van der Waals surface area contributed by atoms with E-state index in [9.17, 15) is 4.79 Å². The van der Waals surface area contributed by atoms with E-state index < -0.39 is 0 Å². The monoisotopic (exact) mass is 292 g/mol. The highest BCUT2D eigenvalue weighted by Crippen LogP contribution is 2.26. The number of aldehydes is 1. The number of carbonyl (C=O) groups is 1. The van der Waals surface area contributed by atoms with Gasteiger partial charge in [-0.05, 0) is 29.5 Å². The summed E-state index contributed by atoms with van der Waals surface area (Å²) in [5, 5.41) is 0. The molecule has 0 aliphatic heterocycles. The van der Waals surface area contributed by atoms with Gasteiger partial charge in [0.2, 0.25) is 0 Å². The van der Waals surface area contributed by atoms with Crippen LogP contribution in [0, 0.1) is 6.92 Å². The van der Waals surface area contributed by atoms with Crippen LogP contribution in [0.25, 0.3) is 16.9 Å². The molecule has 0 unspecified atom stereocenters. The lowest BCUT2D eigenvalue weighted by molar-refractivity contribution is 0.112. The summed E-state index contributed by atoms with van der Waals surface area (Å²) in [5.74, 6) is 0. The Morgan fingerprint density at radius 3 is 2.36 bits per heavy atom. The molecule has 0 fully saturated rings. The first kappa shape index (κ1) is 14.5. The molecule has 0 N–H and O–H groups in total. The third-order valence-electron chi connectivity index (χ3n) is 3.89. The second-order valence-corrected chi connectivity index (χ2v) is 6.78. The Kier molecular flexibility index (Phi) is 3.36. The van der Waals surface area contributed by atoms with Crippen LogP contribution in [0.4, 0.5) is 0 Å². The maximum absolute atomic E-state index is 11.2. The van der Waals surface area contributed by atoms with E-state index in [0.29, 0.717) is 11.2 Å². The molecule has 0 aliphatic carbocycles. The van der Waals surface area contributed by atoms with Crippen LogP contribution in [0.2, 0.25) is 0 Å². The van der Waals surface area contributed by atoms with Crippen LogP contribution in [0.5, 0.6) is 0 Å². The Labute approximate surface area is 130 Å². The summed E-state index contributed by atoms with van der Waals surface area (Å²) in [5.41, 5.74) is 5.75. The predicted molar refractivity (Wildman–Crippen MR) is 89.5 cm³/mol. The van der Waals surface area contributed by atoms with Gasteiger partial charge in [0.25, 0.3) is 0 Å². The van der Waals surface area contributed by atoms with Gasteiger partial charge in [0.05, 0.1) is 11.3 Å². The second kappa shape index (κ2) is 5.09. The topological polar surface area (TPSA) is 34.4 Å². The highest BCUT2D eigenvalue weighted by Gasteiger charge is 2.14. The number of hydrogen-bond acceptors (Lipinski definition) is 2. The fourth-order valence-electron chi connectivity index (χ4n) is 2.64. The third-order valence-corrected chi connectivity index (χ3v) is 3.89. The Bertz CT molecular complexity index is 836. The Morgan fingerprint density at radius 2 is 1.77 bits per heavy atom. The van der Waals surface area contributed by atoms with Crippen molar-refractivity contribution in [2.45, 2.75) is 33.1 Å². The maximum Gasteiger partial charge on any atom is 0.153 e. The van der Waals surface area contributed by atoms with Crippen molar-refractivity contribution in [3.63, 3.8) is 0 Å². The van der Waals surface area contributed by atoms with Crippen LogP contribution in [-0.2, 0) is 5.41 Å². The summed E-state index contributed by atoms with van der Waals surface area (Å²) >= 11 is 0. The second-order valence-electron chi connectivity index (χ2n) is 6.78. The summed E-state index contributed by atoms with van der Waals surface area (Å²) in [7, 11) is 0. The van der Waals surface area contributed by atoms with Crippen molar-refractivity contribution >= 4 is 11.9 Å². The van der Waals surface area contributed by atoms with Gasteiger partial charge in [0.1, 0.15) is 5.65 Å². The number of aryl methyl sites for hydroxylation is 1. The van der Waals surface area contributed by atoms with Crippen LogP contribution in [-0.4, -0.2) is 15.7 Å². The van der Waals surface area contributed by atoms with Crippen LogP contribution < -0.4 is 0 Å². The van der Waals surface area contributed by atoms with Gasteiger partial charge in [0, 0.05) is 18.0 Å². The molecule has 3 rings (SSSR count). The fraction of sp³-hybridized carbons (Fsp3) is 0.263. The van der Waals surface area contributed by atoms with Gasteiger partial charge in [-0.15, -0.1) is 0 Å². The van der Waals surface area contributed by atoms with E-state index in [4.69, 9.17) is 0 Å². The molecule has 112 valence electrons. The molecule has 0 radical (unpaired) electrons. The molecule has 0 aliphatic rings. The van der Waals surface area contributed by atoms with Gasteiger partial charge in [0.15, 0.2) is 6.29 Å². The summed E-state index contributed by atoms with van der Waals surface area (Å²) in [6.07, 6.45) is 4.83. The van der Waals surface area contributed by atoms with Crippen molar-refractivity contribution in [3.8, 4) is 11.3 Å². The summed E-state index contributed by atoms with van der Waals surface area (Å²) in [6.45, 7) is 8.58. The molecule has 0 amide bonds. The molecule has 0 saturated heterocycles. The van der Waals surface area contributed by atoms with Crippen molar-refractivity contribution < 1.29 is 4.79 Å². The SMILES string of the molecule is Cc1cc(C=O)c2nc(-c3ccc(C(C)(C)C)cc3)cn2c1. The van der Waals surface area contributed by atoms with E-state index in [1.54, 1.807) is 0 Å². The van der Waals surface area contributed by atoms with E-state index >= 15 is 0 Å². The lowest BCUT2D eigenvalue weighted by Crippen LogP contribution is -2.10. The van der Waals surface area contributed by atoms with Gasteiger partial charge in [-0.2, -0.15) is 0 Å². The molecule has 2 aromatic heterocycles. The van der Waals surface area contributed by atoms with Crippen molar-refractivity contribution in [2.75, 3.05) is 0 Å². The van der Waals surface area contributed by atoms with Gasteiger partial charge >= 0.3 is 0 Å². The largest absolute Gasteiger partial charge is 0.306 e. The van der Waals surface area contributed by atoms with E-state index in [0.717, 1.165) is 23.1 Å². The number of nitrogens with zero attached hydrogens (tertiary/aromatic N) is 2. The average Bonchev–Trinajstić information content (AvgIpc) is 2.89. The minimum atomic E-state index is 0.138. The highest BCUT2D eigenvalue weighted by atomic mass is 16.1. The molecule has 2 heterocycles. The Balaban J connectivity index is 2.09. The molecule has 3 nitrogen and oxygen atoms in total. The number of rotatable bonds is 2. The molecule has 3 heteroatoms. The number of benzene rings is 1. The molecule has 22 heavy (non-hydrogen) atoms. The van der Waals surface area contributed by atoms with Crippen molar-refractivity contribution in [1.82, 2.24) is 9.38 Å². The zero-order valence-corrected chi connectivity index (χ0v) is 13.4. The first-order valence-electron chi connectivity index (χ1n) is 7.44. The quantitative estimate of drug-likeness (QED) is 0.655. The highest BCUT2D eigenvalue weighted by molar-refractivity contribution is 5.85. The van der Waals surface area contributed by atoms with Gasteiger partial charge in [-0.1, -0.05) is 45.0 Å². The number of carbonyl (C=O) groups excluding carboxylic acids is 1. The molecule has 0 saturated carbocycles. The maximum atomic E-state index is 11.2. The zero-order valence-electron chi connectivity index (χ0n) is 13.4. The van der Waals surface area contributed by atoms with Crippen molar-refractivity contribution in [2.24, 2.45) is 0 Å². The van der Waals surface area contributed by atoms with E-state index in [1.807, 2.05) is 29.8 Å². The molecule has 0 bridgehead atoms. The molecule has 0 atom stereocenters. The first-order chi connectivity index (χ1) is 10.4. The van der Waals surface area contributed by atoms with Crippen LogP contribution in [0.1, 0.15) is 42.3 Å². The zero-order chi connectivity index (χ0) is 15.9. The molecule has 1 aromatic carbocycles. The summed E-state index contributed by atoms with van der Waals surface area (Å²) in [6, 6.07) is 10.3. The molecular formula is C19H20N2O. The third kappa shape index (κ3) is 2.54. The lowest BCUT2D eigenvalue weighted by Gasteiger charge is -2.18. The van der Waals surface area contributed by atoms with Crippen molar-refractivity contribution in [3.05, 3.63) is 59.4 Å². The van der Waals surface area contributed by atoms with E-state index in [2.05, 4.69) is 50.0 Å². The Morgan fingerprint density at radius 1 is 1.09 bits per heavy atom. The molecule has 3 aromatic rings. The summed E-state index contributed by atoms with van der Waals surface area (Å²) in [4.78, 5) is 15.8. The van der Waals surface area contributed by atoms with E-state index in [1.165, 1.54) is 5.56 Å².